The van der Waals surface area contributed by atoms with Gasteiger partial charge in [0, 0.05) is 24.5 Å². The van der Waals surface area contributed by atoms with Crippen LogP contribution in [0.4, 0.5) is 0 Å². The van der Waals surface area contributed by atoms with Crippen molar-refractivity contribution in [2.24, 2.45) is 10.9 Å². The zero-order valence-electron chi connectivity index (χ0n) is 8.42. The first-order valence-electron chi connectivity index (χ1n) is 4.62. The summed E-state index contributed by atoms with van der Waals surface area (Å²) in [5.41, 5.74) is 1.09. The number of nitrogens with zero attached hydrogens (tertiary/aromatic N) is 2. The molecule has 0 aliphatic carbocycles. The fourth-order valence-electron chi connectivity index (χ4n) is 1.34. The lowest BCUT2D eigenvalue weighted by Crippen LogP contribution is -2.08. The summed E-state index contributed by atoms with van der Waals surface area (Å²) in [7, 11) is 0. The quantitative estimate of drug-likeness (QED) is 0.538. The molecule has 0 fully saturated rings. The molecule has 1 rings (SSSR count). The van der Waals surface area contributed by atoms with Gasteiger partial charge in [-0.1, -0.05) is 19.9 Å². The Morgan fingerprint density at radius 2 is 2.29 bits per heavy atom. The highest BCUT2D eigenvalue weighted by molar-refractivity contribution is 5.75. The van der Waals surface area contributed by atoms with E-state index >= 15 is 0 Å². The van der Waals surface area contributed by atoms with Crippen molar-refractivity contribution in [1.29, 1.82) is 0 Å². The Bertz CT molecular complexity index is 306. The topological polar surface area (TPSA) is 42.3 Å². The fourth-order valence-corrected chi connectivity index (χ4v) is 1.34. The van der Waals surface area contributed by atoms with Crippen molar-refractivity contribution in [2.45, 2.75) is 19.8 Å². The highest BCUT2D eigenvalue weighted by atomic mass is 16.1. The Morgan fingerprint density at radius 1 is 1.50 bits per heavy atom. The molecule has 1 amide bonds. The minimum atomic E-state index is 0.161. The predicted octanol–water partition coefficient (Wildman–Crippen LogP) is 2.05. The number of amides is 1. The van der Waals surface area contributed by atoms with Gasteiger partial charge in [0.2, 0.25) is 6.41 Å². The Labute approximate surface area is 83.9 Å². The van der Waals surface area contributed by atoms with Crippen LogP contribution in [0.2, 0.25) is 0 Å². The summed E-state index contributed by atoms with van der Waals surface area (Å²) in [4.78, 5) is 17.8. The second-order valence-corrected chi connectivity index (χ2v) is 3.46. The molecule has 0 saturated heterocycles. The van der Waals surface area contributed by atoms with E-state index in [1.807, 2.05) is 18.3 Å². The number of rotatable bonds is 4. The molecule has 0 radical (unpaired) electrons. The van der Waals surface area contributed by atoms with Gasteiger partial charge in [-0.2, -0.15) is 0 Å². The summed E-state index contributed by atoms with van der Waals surface area (Å²) in [6.07, 6.45) is 5.78. The summed E-state index contributed by atoms with van der Waals surface area (Å²) < 4.78 is 0. The van der Waals surface area contributed by atoms with E-state index in [0.29, 0.717) is 12.3 Å². The van der Waals surface area contributed by atoms with Crippen molar-refractivity contribution in [3.8, 4) is 0 Å². The lowest BCUT2D eigenvalue weighted by Gasteiger charge is -2.15. The number of hydrogen-bond donors (Lipinski definition) is 0. The monoisotopic (exact) mass is 190 g/mol. The number of hydrogen-bond acceptors (Lipinski definition) is 2. The molecular formula is C11H14N2O. The third kappa shape index (κ3) is 2.76. The van der Waals surface area contributed by atoms with Gasteiger partial charge in [0.15, 0.2) is 0 Å². The van der Waals surface area contributed by atoms with Crippen LogP contribution in [-0.4, -0.2) is 17.6 Å². The molecule has 0 N–H and O–H groups in total. The van der Waals surface area contributed by atoms with Crippen LogP contribution >= 0.6 is 0 Å². The first-order chi connectivity index (χ1) is 6.75. The molecule has 0 aliphatic rings. The van der Waals surface area contributed by atoms with Crippen LogP contribution in [0, 0.1) is 5.92 Å². The molecule has 1 aromatic heterocycles. The Balaban J connectivity index is 2.89. The number of pyridine rings is 1. The lowest BCUT2D eigenvalue weighted by atomic mass is 9.91. The predicted molar refractivity (Wildman–Crippen MR) is 56.4 cm³/mol. The minimum absolute atomic E-state index is 0.161. The zero-order valence-corrected chi connectivity index (χ0v) is 8.42. The molecule has 1 aromatic rings. The van der Waals surface area contributed by atoms with Gasteiger partial charge < -0.3 is 0 Å². The van der Waals surface area contributed by atoms with Crippen molar-refractivity contribution in [1.82, 2.24) is 4.98 Å². The van der Waals surface area contributed by atoms with Gasteiger partial charge >= 0.3 is 0 Å². The van der Waals surface area contributed by atoms with Crippen molar-refractivity contribution in [2.75, 3.05) is 0 Å². The summed E-state index contributed by atoms with van der Waals surface area (Å²) in [5, 5.41) is 0. The molecule has 0 aliphatic heterocycles. The van der Waals surface area contributed by atoms with Gasteiger partial charge in [0.25, 0.3) is 0 Å². The van der Waals surface area contributed by atoms with Crippen LogP contribution in [0.15, 0.2) is 29.5 Å². The molecule has 14 heavy (non-hydrogen) atoms. The van der Waals surface area contributed by atoms with Crippen LogP contribution in [0.3, 0.4) is 0 Å². The van der Waals surface area contributed by atoms with E-state index in [9.17, 15) is 4.79 Å². The molecule has 1 heterocycles. The van der Waals surface area contributed by atoms with Gasteiger partial charge in [-0.15, -0.1) is 0 Å². The maximum Gasteiger partial charge on any atom is 0.232 e. The minimum Gasteiger partial charge on any atom is -0.276 e. The first kappa shape index (κ1) is 10.6. The molecule has 1 atom stereocenters. The molecule has 0 spiro atoms. The molecule has 0 saturated carbocycles. The number of carbonyl (C=O) groups is 1. The van der Waals surface area contributed by atoms with E-state index < -0.39 is 0 Å². The van der Waals surface area contributed by atoms with Gasteiger partial charge in [-0.05, 0) is 17.5 Å². The van der Waals surface area contributed by atoms with Gasteiger partial charge in [-0.3, -0.25) is 9.78 Å². The van der Waals surface area contributed by atoms with Crippen LogP contribution in [0.25, 0.3) is 0 Å². The maximum absolute atomic E-state index is 10.1. The Hall–Kier alpha value is -1.51. The van der Waals surface area contributed by atoms with E-state index in [-0.39, 0.29) is 5.92 Å². The van der Waals surface area contributed by atoms with Crippen LogP contribution in [-0.2, 0) is 4.79 Å². The van der Waals surface area contributed by atoms with E-state index in [0.717, 1.165) is 5.56 Å². The van der Waals surface area contributed by atoms with E-state index in [1.165, 1.54) is 0 Å². The summed E-state index contributed by atoms with van der Waals surface area (Å²) in [6.45, 7) is 4.18. The molecule has 0 bridgehead atoms. The van der Waals surface area contributed by atoms with Crippen molar-refractivity contribution in [3.05, 3.63) is 30.1 Å². The average molecular weight is 190 g/mol. The first-order valence-corrected chi connectivity index (χ1v) is 4.62. The van der Waals surface area contributed by atoms with Gasteiger partial charge in [0.05, 0.1) is 0 Å². The fraction of sp³-hybridized carbons (Fsp3) is 0.364. The second kappa shape index (κ2) is 5.27. The van der Waals surface area contributed by atoms with E-state index in [4.69, 9.17) is 0 Å². The van der Waals surface area contributed by atoms with Crippen molar-refractivity contribution in [3.63, 3.8) is 0 Å². The van der Waals surface area contributed by atoms with Crippen LogP contribution < -0.4 is 0 Å². The average Bonchev–Trinajstić information content (AvgIpc) is 2.19. The molecule has 3 nitrogen and oxygen atoms in total. The normalized spacial score (nSPS) is 13.4. The summed E-state index contributed by atoms with van der Waals surface area (Å²) >= 11 is 0. The van der Waals surface area contributed by atoms with E-state index in [2.05, 4.69) is 23.8 Å². The number of aliphatic imine (C=N–C) groups is 1. The van der Waals surface area contributed by atoms with Gasteiger partial charge in [0.1, 0.15) is 0 Å². The molecule has 3 heteroatoms. The highest BCUT2D eigenvalue weighted by Crippen LogP contribution is 2.21. The van der Waals surface area contributed by atoms with E-state index in [1.54, 1.807) is 12.4 Å². The van der Waals surface area contributed by atoms with Gasteiger partial charge in [-0.25, -0.2) is 4.99 Å². The zero-order chi connectivity index (χ0) is 10.4. The highest BCUT2D eigenvalue weighted by Gasteiger charge is 2.12. The van der Waals surface area contributed by atoms with Crippen LogP contribution in [0.5, 0.6) is 0 Å². The Kier molecular flexibility index (Phi) is 3.98. The largest absolute Gasteiger partial charge is 0.276 e. The third-order valence-corrected chi connectivity index (χ3v) is 2.10. The molecule has 74 valence electrons. The van der Waals surface area contributed by atoms with Crippen molar-refractivity contribution < 1.29 is 4.79 Å². The number of aromatic nitrogens is 1. The molecule has 0 aromatic carbocycles. The second-order valence-electron chi connectivity index (χ2n) is 3.46. The maximum atomic E-state index is 10.1. The summed E-state index contributed by atoms with van der Waals surface area (Å²) in [6, 6.07) is 3.88. The molecular weight excluding hydrogens is 176 g/mol. The number of carbonyl (C=O) groups excluding carboxylic acids is 1. The van der Waals surface area contributed by atoms with Crippen molar-refractivity contribution >= 4 is 12.6 Å². The Morgan fingerprint density at radius 3 is 2.79 bits per heavy atom. The SMILES string of the molecule is CC(C)C(C=NC=O)c1cccnc1. The smallest absolute Gasteiger partial charge is 0.232 e. The lowest BCUT2D eigenvalue weighted by molar-refractivity contribution is -0.106. The molecule has 1 unspecified atom stereocenters. The van der Waals surface area contributed by atoms with Crippen LogP contribution in [0.1, 0.15) is 25.3 Å². The third-order valence-electron chi connectivity index (χ3n) is 2.10. The standard InChI is InChI=1S/C11H14N2O/c1-9(2)11(7-13-8-14)10-4-3-5-12-6-10/h3-9,11H,1-2H3. The summed E-state index contributed by atoms with van der Waals surface area (Å²) in [5.74, 6) is 0.566.